The average molecular weight is 367 g/mol. The van der Waals surface area contributed by atoms with E-state index in [0.29, 0.717) is 22.3 Å². The molecule has 136 valence electrons. The summed E-state index contributed by atoms with van der Waals surface area (Å²) < 4.78 is 6.47. The number of fused-ring (bicyclic) bond motifs is 1. The van der Waals surface area contributed by atoms with Crippen LogP contribution in [0.25, 0.3) is 0 Å². The van der Waals surface area contributed by atoms with Gasteiger partial charge in [-0.3, -0.25) is 19.0 Å². The predicted octanol–water partition coefficient (Wildman–Crippen LogP) is 1.78. The zero-order valence-corrected chi connectivity index (χ0v) is 15.2. The van der Waals surface area contributed by atoms with Crippen molar-refractivity contribution in [3.8, 4) is 0 Å². The lowest BCUT2D eigenvalue weighted by molar-refractivity contribution is -0.122. The molecule has 0 saturated heterocycles. The summed E-state index contributed by atoms with van der Waals surface area (Å²) in [6, 6.07) is 5.12. The van der Waals surface area contributed by atoms with Crippen LogP contribution in [0.1, 0.15) is 47.9 Å². The Labute approximate surface area is 152 Å². The fourth-order valence-electron chi connectivity index (χ4n) is 2.69. The minimum absolute atomic E-state index is 0.0317. The van der Waals surface area contributed by atoms with Crippen LogP contribution in [0.5, 0.6) is 0 Å². The van der Waals surface area contributed by atoms with Crippen molar-refractivity contribution in [2.24, 2.45) is 17.4 Å². The van der Waals surface area contributed by atoms with Gasteiger partial charge >= 0.3 is 0 Å². The summed E-state index contributed by atoms with van der Waals surface area (Å²) in [7, 11) is 0. The number of ketones is 3. The molecule has 1 unspecified atom stereocenters. The van der Waals surface area contributed by atoms with Gasteiger partial charge < -0.3 is 11.5 Å². The molecule has 0 heterocycles. The highest BCUT2D eigenvalue weighted by Crippen LogP contribution is 2.28. The lowest BCUT2D eigenvalue weighted by Gasteiger charge is -2.23. The first-order chi connectivity index (χ1) is 11.8. The van der Waals surface area contributed by atoms with Crippen LogP contribution in [-0.2, 0) is 4.79 Å². The molecule has 0 radical (unpaired) electrons. The Kier molecular flexibility index (Phi) is 7.63. The highest BCUT2D eigenvalue weighted by Gasteiger charge is 2.32. The topological polar surface area (TPSA) is 123 Å². The zero-order valence-electron chi connectivity index (χ0n) is 14.5. The van der Waals surface area contributed by atoms with Gasteiger partial charge in [-0.05, 0) is 19.3 Å². The van der Waals surface area contributed by atoms with E-state index < -0.39 is 12.1 Å². The van der Waals surface area contributed by atoms with Gasteiger partial charge in [-0.1, -0.05) is 38.1 Å². The van der Waals surface area contributed by atoms with Gasteiger partial charge in [-0.2, -0.15) is 0 Å². The Balaban J connectivity index is 0.00000151. The number of rotatable bonds is 5. The molecule has 0 fully saturated rings. The molecule has 1 aliphatic rings. The number of halogens is 1. The largest absolute Gasteiger partial charge is 0.321 e. The normalized spacial score (nSPS) is 16.2. The molecule has 0 bridgehead atoms. The number of carbonyl (C=O) groups excluding carboxylic acids is 3. The van der Waals surface area contributed by atoms with E-state index in [2.05, 4.69) is 11.9 Å². The van der Waals surface area contributed by atoms with E-state index in [4.69, 9.17) is 16.1 Å². The number of allylic oxidation sites excluding steroid dienone is 1. The van der Waals surface area contributed by atoms with Gasteiger partial charge in [0.1, 0.15) is 0 Å². The number of benzene rings is 1. The van der Waals surface area contributed by atoms with Crippen LogP contribution in [0, 0.1) is 5.92 Å². The predicted molar refractivity (Wildman–Crippen MR) is 96.3 cm³/mol. The van der Waals surface area contributed by atoms with Crippen molar-refractivity contribution in [2.75, 3.05) is 0 Å². The smallest absolute Gasteiger partial charge is 0.190 e. The van der Waals surface area contributed by atoms with Crippen LogP contribution in [0.3, 0.4) is 0 Å². The summed E-state index contributed by atoms with van der Waals surface area (Å²) in [4.78, 5) is 37.3. The number of hydrogen-bond donors (Lipinski definition) is 3. The lowest BCUT2D eigenvalue weighted by Crippen LogP contribution is -2.46. The lowest BCUT2D eigenvalue weighted by atomic mass is 9.81. The van der Waals surface area contributed by atoms with Gasteiger partial charge in [0.2, 0.25) is 0 Å². The Bertz CT molecular complexity index is 713. The van der Waals surface area contributed by atoms with Crippen molar-refractivity contribution in [3.05, 3.63) is 46.5 Å². The van der Waals surface area contributed by atoms with Crippen molar-refractivity contribution in [1.82, 2.24) is 0 Å². The second-order valence-corrected chi connectivity index (χ2v) is 6.29. The Hall–Kier alpha value is -1.86. The van der Waals surface area contributed by atoms with Crippen LogP contribution < -0.4 is 11.5 Å². The number of carbonyl (C=O) groups is 3. The first-order valence-electron chi connectivity index (χ1n) is 7.85. The number of hydrogen-bond acceptors (Lipinski definition) is 6. The molecular weight excluding hydrogens is 344 g/mol. The minimum atomic E-state index is -0.889. The molecule has 5 N–H and O–H groups in total. The quantitative estimate of drug-likeness (QED) is 0.729. The maximum Gasteiger partial charge on any atom is 0.190 e. The van der Waals surface area contributed by atoms with Gasteiger partial charge in [0.15, 0.2) is 17.3 Å². The van der Waals surface area contributed by atoms with E-state index in [1.165, 1.54) is 0 Å². The molecule has 0 amide bonds. The van der Waals surface area contributed by atoms with Gasteiger partial charge in [-0.15, -0.1) is 0 Å². The standard InChI is InChI=1S/C18H22N2O3.ClHO/c1-9(2)15(20)18(23)14(19)8-13-10(3)16(21)11-6-4-5-7-12(11)17(13)22;1-2/h4-7,9,14-15H,8,19-20H2,1-3H3;2H/t14?,15-;/m1./s1. The molecule has 2 rings (SSSR count). The van der Waals surface area contributed by atoms with Crippen LogP contribution in [0.2, 0.25) is 0 Å². The number of nitrogens with two attached hydrogens (primary N) is 2. The second-order valence-electron chi connectivity index (χ2n) is 6.29. The SMILES string of the molecule is CC1=C(CC(N)C(=O)[C@H](N)C(C)C)C(=O)c2ccccc2C1=O.OCl. The second kappa shape index (κ2) is 9.01. The first-order valence-corrected chi connectivity index (χ1v) is 8.19. The van der Waals surface area contributed by atoms with E-state index in [9.17, 15) is 14.4 Å². The molecule has 0 aliphatic heterocycles. The average Bonchev–Trinajstić information content (AvgIpc) is 2.63. The van der Waals surface area contributed by atoms with E-state index in [-0.39, 0.29) is 29.7 Å². The summed E-state index contributed by atoms with van der Waals surface area (Å²) in [5.41, 5.74) is 13.2. The van der Waals surface area contributed by atoms with Crippen molar-refractivity contribution in [2.45, 2.75) is 39.3 Å². The van der Waals surface area contributed by atoms with E-state index in [1.807, 2.05) is 13.8 Å². The van der Waals surface area contributed by atoms with Crippen LogP contribution in [0.4, 0.5) is 0 Å². The Morgan fingerprint density at radius 2 is 1.56 bits per heavy atom. The molecule has 1 aliphatic carbocycles. The van der Waals surface area contributed by atoms with Crippen molar-refractivity contribution in [1.29, 1.82) is 0 Å². The summed E-state index contributed by atoms with van der Waals surface area (Å²) in [5.74, 6) is -0.755. The van der Waals surface area contributed by atoms with Crippen LogP contribution in [-0.4, -0.2) is 34.1 Å². The number of Topliss-reactive ketones (excluding diaryl/α,β-unsaturated/α-hetero) is 3. The zero-order chi connectivity index (χ0) is 19.3. The molecule has 0 spiro atoms. The molecule has 1 aromatic rings. The third-order valence-corrected chi connectivity index (χ3v) is 4.32. The van der Waals surface area contributed by atoms with Crippen molar-refractivity contribution >= 4 is 29.2 Å². The molecule has 6 nitrogen and oxygen atoms in total. The van der Waals surface area contributed by atoms with Gasteiger partial charge in [0.05, 0.1) is 23.9 Å². The molecule has 25 heavy (non-hydrogen) atoms. The highest BCUT2D eigenvalue weighted by molar-refractivity contribution is 6.26. The third-order valence-electron chi connectivity index (χ3n) is 4.32. The maximum absolute atomic E-state index is 12.6. The van der Waals surface area contributed by atoms with Crippen LogP contribution >= 0.6 is 11.9 Å². The van der Waals surface area contributed by atoms with Gasteiger partial charge in [0, 0.05) is 22.3 Å². The molecule has 2 atom stereocenters. The van der Waals surface area contributed by atoms with Crippen molar-refractivity contribution < 1.29 is 19.0 Å². The van der Waals surface area contributed by atoms with E-state index in [1.54, 1.807) is 31.2 Å². The highest BCUT2D eigenvalue weighted by atomic mass is 35.5. The molecular formula is C18H23ClN2O4. The Morgan fingerprint density at radius 1 is 1.08 bits per heavy atom. The minimum Gasteiger partial charge on any atom is -0.321 e. The van der Waals surface area contributed by atoms with E-state index in [0.717, 1.165) is 0 Å². The first kappa shape index (κ1) is 21.2. The fourth-order valence-corrected chi connectivity index (χ4v) is 2.69. The molecule has 1 aromatic carbocycles. The van der Waals surface area contributed by atoms with Crippen molar-refractivity contribution in [3.63, 3.8) is 0 Å². The maximum atomic E-state index is 12.6. The summed E-state index contributed by atoms with van der Waals surface area (Å²) in [6.07, 6.45) is 0.0317. The van der Waals surface area contributed by atoms with Crippen LogP contribution in [0.15, 0.2) is 35.4 Å². The van der Waals surface area contributed by atoms with Gasteiger partial charge in [-0.25, -0.2) is 0 Å². The Morgan fingerprint density at radius 3 is 2.04 bits per heavy atom. The fraction of sp³-hybridized carbons (Fsp3) is 0.389. The third kappa shape index (κ3) is 4.41. The summed E-state index contributed by atoms with van der Waals surface area (Å²) >= 11 is 3.64. The summed E-state index contributed by atoms with van der Waals surface area (Å²) in [5, 5.41) is 0. The van der Waals surface area contributed by atoms with Gasteiger partial charge in [0.25, 0.3) is 0 Å². The monoisotopic (exact) mass is 366 g/mol. The molecule has 0 saturated carbocycles. The molecule has 0 aromatic heterocycles. The molecule has 7 heteroatoms. The van der Waals surface area contributed by atoms with E-state index >= 15 is 0 Å². The summed E-state index contributed by atoms with van der Waals surface area (Å²) in [6.45, 7) is 5.28.